The summed E-state index contributed by atoms with van der Waals surface area (Å²) < 4.78 is 5.94. The Hall–Kier alpha value is -1.39. The van der Waals surface area contributed by atoms with E-state index in [1.807, 2.05) is 18.2 Å². The van der Waals surface area contributed by atoms with Crippen molar-refractivity contribution in [3.63, 3.8) is 0 Å². The van der Waals surface area contributed by atoms with E-state index in [-0.39, 0.29) is 24.2 Å². The zero-order chi connectivity index (χ0) is 27.3. The number of β-amino-alcohol motifs (C(OH)–C–C–N with tert-alkyl or cyclic N) is 1. The van der Waals surface area contributed by atoms with Gasteiger partial charge in [-0.1, -0.05) is 147 Å². The van der Waals surface area contributed by atoms with Gasteiger partial charge in [-0.15, -0.1) is 0 Å². The molecule has 1 fully saturated rings. The summed E-state index contributed by atoms with van der Waals surface area (Å²) in [6.07, 6.45) is 23.9. The van der Waals surface area contributed by atoms with Gasteiger partial charge in [0.15, 0.2) is 0 Å². The maximum absolute atomic E-state index is 13.1. The molecule has 0 bridgehead atoms. The summed E-state index contributed by atoms with van der Waals surface area (Å²) in [4.78, 5) is 15.3. The number of rotatable bonds is 23. The van der Waals surface area contributed by atoms with Crippen LogP contribution in [0.4, 0.5) is 0 Å². The first kappa shape index (κ1) is 32.8. The van der Waals surface area contributed by atoms with Gasteiger partial charge in [0.2, 0.25) is 0 Å². The fourth-order valence-electron chi connectivity index (χ4n) is 5.78. The van der Waals surface area contributed by atoms with Gasteiger partial charge in [0, 0.05) is 13.1 Å². The van der Waals surface area contributed by atoms with Crippen molar-refractivity contribution in [2.24, 2.45) is 0 Å². The largest absolute Gasteiger partial charge is 0.460 e. The number of hydrogen-bond acceptors (Lipinski definition) is 4. The highest BCUT2D eigenvalue weighted by molar-refractivity contribution is 5.77. The zero-order valence-electron chi connectivity index (χ0n) is 24.9. The first-order valence-electron chi connectivity index (χ1n) is 16.3. The first-order chi connectivity index (χ1) is 18.6. The Morgan fingerprint density at radius 2 is 1.32 bits per heavy atom. The number of hydrogen-bond donors (Lipinski definition) is 1. The number of benzene rings is 1. The number of aliphatic hydroxyl groups excluding tert-OH is 1. The van der Waals surface area contributed by atoms with Crippen molar-refractivity contribution in [2.75, 3.05) is 13.1 Å². The van der Waals surface area contributed by atoms with Crippen molar-refractivity contribution in [3.8, 4) is 0 Å². The van der Waals surface area contributed by atoms with Crippen LogP contribution in [-0.2, 0) is 16.0 Å². The van der Waals surface area contributed by atoms with Crippen LogP contribution in [0.5, 0.6) is 0 Å². The number of aliphatic hydroxyl groups is 1. The topological polar surface area (TPSA) is 49.8 Å². The van der Waals surface area contributed by atoms with Crippen LogP contribution in [0.15, 0.2) is 30.3 Å². The Morgan fingerprint density at radius 1 is 0.789 bits per heavy atom. The van der Waals surface area contributed by atoms with Gasteiger partial charge >= 0.3 is 5.97 Å². The zero-order valence-corrected chi connectivity index (χ0v) is 24.9. The maximum atomic E-state index is 13.1. The molecule has 1 aromatic carbocycles. The smallest absolute Gasteiger partial charge is 0.324 e. The molecule has 38 heavy (non-hydrogen) atoms. The summed E-state index contributed by atoms with van der Waals surface area (Å²) in [5, 5.41) is 10.9. The number of cyclic esters (lactones) is 1. The number of unbranched alkanes of at least 4 members (excludes halogenated alkanes) is 15. The first-order valence-corrected chi connectivity index (χ1v) is 16.3. The average Bonchev–Trinajstić information content (AvgIpc) is 2.92. The molecular weight excluding hydrogens is 470 g/mol. The Bertz CT molecular complexity index is 694. The van der Waals surface area contributed by atoms with E-state index in [9.17, 15) is 9.90 Å². The normalized spacial score (nSPS) is 19.0. The monoisotopic (exact) mass is 529 g/mol. The van der Waals surface area contributed by atoms with Gasteiger partial charge in [-0.25, -0.2) is 0 Å². The van der Waals surface area contributed by atoms with E-state index in [0.717, 1.165) is 37.8 Å². The standard InChI is InChI=1S/C34H59NO3/c1-3-5-7-9-11-13-14-16-21-25-31(36)28-35-29-32(26-22-17-15-12-10-8-6-4-2)38-34(37)33(35)27-30-23-19-18-20-24-30/h18-20,23-24,31-33,36H,3-17,21-22,25-29H2,1-2H3. The quantitative estimate of drug-likeness (QED) is 0.114. The average molecular weight is 530 g/mol. The van der Waals surface area contributed by atoms with Gasteiger partial charge in [-0.05, 0) is 31.2 Å². The van der Waals surface area contributed by atoms with Gasteiger partial charge in [0.25, 0.3) is 0 Å². The summed E-state index contributed by atoms with van der Waals surface area (Å²) in [5.41, 5.74) is 1.15. The van der Waals surface area contributed by atoms with E-state index in [1.54, 1.807) is 0 Å². The minimum atomic E-state index is -0.382. The summed E-state index contributed by atoms with van der Waals surface area (Å²) in [6.45, 7) is 5.83. The molecule has 2 rings (SSSR count). The van der Waals surface area contributed by atoms with E-state index in [1.165, 1.54) is 96.3 Å². The minimum Gasteiger partial charge on any atom is -0.460 e. The molecule has 4 heteroatoms. The van der Waals surface area contributed by atoms with Crippen LogP contribution in [0.2, 0.25) is 0 Å². The minimum absolute atomic E-state index is 0.0467. The lowest BCUT2D eigenvalue weighted by atomic mass is 9.99. The van der Waals surface area contributed by atoms with Gasteiger partial charge < -0.3 is 9.84 Å². The van der Waals surface area contributed by atoms with Crippen molar-refractivity contribution in [1.82, 2.24) is 4.90 Å². The van der Waals surface area contributed by atoms with Gasteiger partial charge in [-0.3, -0.25) is 9.69 Å². The predicted octanol–water partition coefficient (Wildman–Crippen LogP) is 8.64. The molecule has 3 atom stereocenters. The van der Waals surface area contributed by atoms with Crippen molar-refractivity contribution in [2.45, 2.75) is 161 Å². The van der Waals surface area contributed by atoms with Gasteiger partial charge in [0.05, 0.1) is 6.10 Å². The van der Waals surface area contributed by atoms with Crippen LogP contribution in [-0.4, -0.2) is 47.3 Å². The second-order valence-corrected chi connectivity index (χ2v) is 11.8. The lowest BCUT2D eigenvalue weighted by Gasteiger charge is -2.39. The van der Waals surface area contributed by atoms with Crippen LogP contribution in [0.1, 0.15) is 141 Å². The van der Waals surface area contributed by atoms with Crippen molar-refractivity contribution in [3.05, 3.63) is 35.9 Å². The molecule has 4 nitrogen and oxygen atoms in total. The van der Waals surface area contributed by atoms with E-state index in [0.29, 0.717) is 13.0 Å². The Morgan fingerprint density at radius 3 is 1.89 bits per heavy atom. The third-order valence-electron chi connectivity index (χ3n) is 8.17. The van der Waals surface area contributed by atoms with Crippen molar-refractivity contribution in [1.29, 1.82) is 0 Å². The molecule has 0 aliphatic carbocycles. The molecule has 0 spiro atoms. The van der Waals surface area contributed by atoms with Crippen molar-refractivity contribution < 1.29 is 14.6 Å². The van der Waals surface area contributed by atoms with Gasteiger partial charge in [0.1, 0.15) is 12.1 Å². The fourth-order valence-corrected chi connectivity index (χ4v) is 5.78. The Balaban J connectivity index is 1.76. The molecule has 3 unspecified atom stereocenters. The molecule has 0 saturated carbocycles. The SMILES string of the molecule is CCCCCCCCCCCC(O)CN1CC(CCCCCCCCCC)OC(=O)C1Cc1ccccc1. The molecule has 1 aliphatic rings. The van der Waals surface area contributed by atoms with Crippen LogP contribution < -0.4 is 0 Å². The number of carbonyl (C=O) groups excluding carboxylic acids is 1. The summed E-state index contributed by atoms with van der Waals surface area (Å²) >= 11 is 0. The number of morpholine rings is 1. The Kier molecular flexibility index (Phi) is 18.5. The van der Waals surface area contributed by atoms with E-state index in [4.69, 9.17) is 4.74 Å². The predicted molar refractivity (Wildman–Crippen MR) is 160 cm³/mol. The third kappa shape index (κ3) is 14.7. The van der Waals surface area contributed by atoms with Crippen LogP contribution in [0.25, 0.3) is 0 Å². The highest BCUT2D eigenvalue weighted by Crippen LogP contribution is 2.23. The molecule has 0 amide bonds. The molecule has 1 aliphatic heterocycles. The summed E-state index contributed by atoms with van der Waals surface area (Å²) in [6, 6.07) is 9.92. The highest BCUT2D eigenvalue weighted by Gasteiger charge is 2.37. The maximum Gasteiger partial charge on any atom is 0.324 e. The van der Waals surface area contributed by atoms with Crippen molar-refractivity contribution >= 4 is 5.97 Å². The van der Waals surface area contributed by atoms with Crippen LogP contribution in [0.3, 0.4) is 0 Å². The van der Waals surface area contributed by atoms with Crippen LogP contribution >= 0.6 is 0 Å². The molecule has 0 radical (unpaired) electrons. The molecule has 1 N–H and O–H groups in total. The summed E-state index contributed by atoms with van der Waals surface area (Å²) in [5.74, 6) is -0.111. The van der Waals surface area contributed by atoms with E-state index in [2.05, 4.69) is 30.9 Å². The number of ether oxygens (including phenoxy) is 1. The lowest BCUT2D eigenvalue weighted by molar-refractivity contribution is -0.168. The molecular formula is C34H59NO3. The molecule has 1 saturated heterocycles. The second-order valence-electron chi connectivity index (χ2n) is 11.8. The third-order valence-corrected chi connectivity index (χ3v) is 8.17. The Labute approximate surface area is 234 Å². The fraction of sp³-hybridized carbons (Fsp3) is 0.794. The molecule has 1 heterocycles. The van der Waals surface area contributed by atoms with E-state index >= 15 is 0 Å². The van der Waals surface area contributed by atoms with E-state index < -0.39 is 0 Å². The van der Waals surface area contributed by atoms with Gasteiger partial charge in [-0.2, -0.15) is 0 Å². The number of carbonyl (C=O) groups is 1. The second kappa shape index (κ2) is 21.4. The molecule has 0 aromatic heterocycles. The summed E-state index contributed by atoms with van der Waals surface area (Å²) in [7, 11) is 0. The lowest BCUT2D eigenvalue weighted by Crippen LogP contribution is -2.55. The highest BCUT2D eigenvalue weighted by atomic mass is 16.5. The number of nitrogens with zero attached hydrogens (tertiary/aromatic N) is 1. The van der Waals surface area contributed by atoms with Crippen LogP contribution in [0, 0.1) is 0 Å². The molecule has 218 valence electrons. The molecule has 1 aromatic rings. The number of esters is 1.